The molecule has 0 atom stereocenters. The summed E-state index contributed by atoms with van der Waals surface area (Å²) < 4.78 is 9.23. The molecule has 58 valence electrons. The zero-order valence-corrected chi connectivity index (χ0v) is 6.26. The third kappa shape index (κ3) is 7.46. The Balaban J connectivity index is 2.90. The number of ether oxygens (including phenoxy) is 2. The number of hydrogen-bond donors (Lipinski definition) is 0. The second kappa shape index (κ2) is 6.58. The molecule has 0 N–H and O–H groups in total. The molecule has 0 rings (SSSR count). The number of rotatable bonds is 5. The maximum atomic E-state index is 9.94. The molecule has 0 unspecified atom stereocenters. The second-order valence-corrected chi connectivity index (χ2v) is 1.76. The SMILES string of the molecule is C=CCOCCOC(=O)Cl. The Morgan fingerprint density at radius 3 is 2.80 bits per heavy atom. The first-order chi connectivity index (χ1) is 4.77. The molecule has 10 heavy (non-hydrogen) atoms. The molecule has 0 aliphatic heterocycles. The van der Waals surface area contributed by atoms with Gasteiger partial charge in [0.25, 0.3) is 0 Å². The molecule has 0 saturated carbocycles. The van der Waals surface area contributed by atoms with Gasteiger partial charge in [0.05, 0.1) is 13.2 Å². The van der Waals surface area contributed by atoms with E-state index in [2.05, 4.69) is 11.3 Å². The molecule has 0 heterocycles. The highest BCUT2D eigenvalue weighted by molar-refractivity contribution is 6.61. The Hall–Kier alpha value is -0.540. The summed E-state index contributed by atoms with van der Waals surface area (Å²) >= 11 is 4.85. The zero-order valence-electron chi connectivity index (χ0n) is 5.51. The van der Waals surface area contributed by atoms with Gasteiger partial charge in [0.2, 0.25) is 0 Å². The largest absolute Gasteiger partial charge is 0.451 e. The topological polar surface area (TPSA) is 35.5 Å². The lowest BCUT2D eigenvalue weighted by Gasteiger charge is -1.99. The van der Waals surface area contributed by atoms with Gasteiger partial charge in [0, 0.05) is 11.6 Å². The molecule has 0 aromatic rings. The van der Waals surface area contributed by atoms with Crippen molar-refractivity contribution >= 4 is 17.0 Å². The average Bonchev–Trinajstić information content (AvgIpc) is 1.87. The van der Waals surface area contributed by atoms with Gasteiger partial charge >= 0.3 is 5.43 Å². The monoisotopic (exact) mass is 164 g/mol. The highest BCUT2D eigenvalue weighted by Gasteiger charge is 1.92. The van der Waals surface area contributed by atoms with E-state index in [0.29, 0.717) is 13.2 Å². The van der Waals surface area contributed by atoms with Crippen LogP contribution < -0.4 is 0 Å². The first kappa shape index (κ1) is 9.46. The standard InChI is InChI=1S/C6H9ClO3/c1-2-3-9-4-5-10-6(7)8/h2H,1,3-5H2. The van der Waals surface area contributed by atoms with Crippen LogP contribution in [-0.4, -0.2) is 25.2 Å². The molecule has 0 aliphatic rings. The fourth-order valence-corrected chi connectivity index (χ4v) is 0.425. The van der Waals surface area contributed by atoms with E-state index in [1.54, 1.807) is 6.08 Å². The number of carbonyl (C=O) groups is 1. The van der Waals surface area contributed by atoms with Crippen LogP contribution in [0.1, 0.15) is 0 Å². The van der Waals surface area contributed by atoms with Crippen LogP contribution in [-0.2, 0) is 9.47 Å². The van der Waals surface area contributed by atoms with Crippen molar-refractivity contribution in [3.8, 4) is 0 Å². The summed E-state index contributed by atoms with van der Waals surface area (Å²) in [5.41, 5.74) is -0.804. The van der Waals surface area contributed by atoms with Crippen LogP contribution in [0.5, 0.6) is 0 Å². The predicted octanol–water partition coefficient (Wildman–Crippen LogP) is 1.56. The van der Waals surface area contributed by atoms with Crippen molar-refractivity contribution in [3.63, 3.8) is 0 Å². The number of hydrogen-bond acceptors (Lipinski definition) is 3. The van der Waals surface area contributed by atoms with Crippen molar-refractivity contribution < 1.29 is 14.3 Å². The van der Waals surface area contributed by atoms with Crippen LogP contribution in [0.15, 0.2) is 12.7 Å². The Labute approximate surface area is 64.6 Å². The highest BCUT2D eigenvalue weighted by Crippen LogP contribution is 1.86. The lowest BCUT2D eigenvalue weighted by molar-refractivity contribution is 0.0972. The summed E-state index contributed by atoms with van der Waals surface area (Å²) in [4.78, 5) is 9.94. The van der Waals surface area contributed by atoms with Crippen LogP contribution in [0.3, 0.4) is 0 Å². The number of halogens is 1. The van der Waals surface area contributed by atoms with Crippen molar-refractivity contribution in [2.75, 3.05) is 19.8 Å². The first-order valence-electron chi connectivity index (χ1n) is 2.78. The molecule has 0 saturated heterocycles. The molecular formula is C6H9ClO3. The van der Waals surface area contributed by atoms with E-state index in [0.717, 1.165) is 0 Å². The third-order valence-corrected chi connectivity index (χ3v) is 0.788. The van der Waals surface area contributed by atoms with Gasteiger partial charge in [-0.15, -0.1) is 6.58 Å². The fraction of sp³-hybridized carbons (Fsp3) is 0.500. The van der Waals surface area contributed by atoms with Crippen molar-refractivity contribution in [1.29, 1.82) is 0 Å². The Bertz CT molecular complexity index is 114. The summed E-state index contributed by atoms with van der Waals surface area (Å²) in [6, 6.07) is 0. The van der Waals surface area contributed by atoms with Gasteiger partial charge < -0.3 is 9.47 Å². The van der Waals surface area contributed by atoms with Crippen molar-refractivity contribution in [1.82, 2.24) is 0 Å². The molecule has 0 spiro atoms. The van der Waals surface area contributed by atoms with E-state index in [4.69, 9.17) is 16.3 Å². The summed E-state index contributed by atoms with van der Waals surface area (Å²) in [7, 11) is 0. The summed E-state index contributed by atoms with van der Waals surface area (Å²) in [5, 5.41) is 0. The summed E-state index contributed by atoms with van der Waals surface area (Å²) in [5.74, 6) is 0. The Morgan fingerprint density at radius 1 is 1.60 bits per heavy atom. The van der Waals surface area contributed by atoms with Gasteiger partial charge in [-0.25, -0.2) is 4.79 Å². The average molecular weight is 165 g/mol. The maximum Gasteiger partial charge on any atom is 0.403 e. The van der Waals surface area contributed by atoms with Gasteiger partial charge in [-0.2, -0.15) is 0 Å². The minimum Gasteiger partial charge on any atom is -0.451 e. The normalized spacial score (nSPS) is 8.90. The van der Waals surface area contributed by atoms with Gasteiger partial charge in [0.1, 0.15) is 6.61 Å². The molecule has 3 nitrogen and oxygen atoms in total. The van der Waals surface area contributed by atoms with Crippen LogP contribution in [0, 0.1) is 0 Å². The summed E-state index contributed by atoms with van der Waals surface area (Å²) in [6.45, 7) is 4.44. The molecular weight excluding hydrogens is 156 g/mol. The minimum absolute atomic E-state index is 0.191. The van der Waals surface area contributed by atoms with Gasteiger partial charge in [-0.3, -0.25) is 0 Å². The van der Waals surface area contributed by atoms with E-state index >= 15 is 0 Å². The molecule has 0 fully saturated rings. The maximum absolute atomic E-state index is 9.94. The molecule has 0 aliphatic carbocycles. The predicted molar refractivity (Wildman–Crippen MR) is 38.2 cm³/mol. The van der Waals surface area contributed by atoms with Crippen molar-refractivity contribution in [2.24, 2.45) is 0 Å². The molecule has 0 aromatic carbocycles. The molecule has 0 amide bonds. The van der Waals surface area contributed by atoms with E-state index < -0.39 is 5.43 Å². The quantitative estimate of drug-likeness (QED) is 0.352. The zero-order chi connectivity index (χ0) is 7.82. The molecule has 0 radical (unpaired) electrons. The fourth-order valence-electron chi connectivity index (χ4n) is 0.348. The molecule has 4 heteroatoms. The van der Waals surface area contributed by atoms with Gasteiger partial charge in [-0.05, 0) is 0 Å². The Morgan fingerprint density at radius 2 is 2.30 bits per heavy atom. The van der Waals surface area contributed by atoms with Crippen LogP contribution in [0.4, 0.5) is 4.79 Å². The van der Waals surface area contributed by atoms with Crippen molar-refractivity contribution in [2.45, 2.75) is 0 Å². The second-order valence-electron chi connectivity index (χ2n) is 1.45. The Kier molecular flexibility index (Phi) is 6.22. The number of carbonyl (C=O) groups excluding carboxylic acids is 1. The van der Waals surface area contributed by atoms with Crippen LogP contribution >= 0.6 is 11.6 Å². The van der Waals surface area contributed by atoms with E-state index in [-0.39, 0.29) is 6.61 Å². The minimum atomic E-state index is -0.804. The lowest BCUT2D eigenvalue weighted by atomic mass is 10.7. The van der Waals surface area contributed by atoms with Gasteiger partial charge in [-0.1, -0.05) is 6.08 Å². The van der Waals surface area contributed by atoms with Crippen LogP contribution in [0.25, 0.3) is 0 Å². The van der Waals surface area contributed by atoms with Gasteiger partial charge in [0.15, 0.2) is 0 Å². The van der Waals surface area contributed by atoms with E-state index in [1.807, 2.05) is 0 Å². The highest BCUT2D eigenvalue weighted by atomic mass is 35.5. The molecule has 0 bridgehead atoms. The molecule has 0 aromatic heterocycles. The summed E-state index contributed by atoms with van der Waals surface area (Å²) in [6.07, 6.45) is 1.61. The first-order valence-corrected chi connectivity index (χ1v) is 3.16. The van der Waals surface area contributed by atoms with E-state index in [1.165, 1.54) is 0 Å². The van der Waals surface area contributed by atoms with Crippen molar-refractivity contribution in [3.05, 3.63) is 12.7 Å². The lowest BCUT2D eigenvalue weighted by Crippen LogP contribution is -2.05. The third-order valence-electron chi connectivity index (χ3n) is 0.679. The smallest absolute Gasteiger partial charge is 0.403 e. The van der Waals surface area contributed by atoms with E-state index in [9.17, 15) is 4.79 Å². The van der Waals surface area contributed by atoms with Crippen LogP contribution in [0.2, 0.25) is 0 Å².